The molecule has 0 unspecified atom stereocenters. The van der Waals surface area contributed by atoms with Crippen molar-refractivity contribution < 1.29 is 9.53 Å². The van der Waals surface area contributed by atoms with E-state index < -0.39 is 5.60 Å². The Kier molecular flexibility index (Phi) is 6.93. The molecular weight excluding hydrogens is 270 g/mol. The van der Waals surface area contributed by atoms with Crippen molar-refractivity contribution in [3.63, 3.8) is 0 Å². The quantitative estimate of drug-likeness (QED) is 0.549. The maximum absolute atomic E-state index is 12.0. The van der Waals surface area contributed by atoms with Crippen LogP contribution in [0.5, 0.6) is 0 Å². The SMILES string of the molecule is CCCCCC(=S)C1CCN(C(=O)OC(C)(C)C)CC1. The van der Waals surface area contributed by atoms with Crippen LogP contribution in [0.4, 0.5) is 4.79 Å². The van der Waals surface area contributed by atoms with Crippen molar-refractivity contribution in [1.82, 2.24) is 4.90 Å². The number of likely N-dealkylation sites (tertiary alicyclic amines) is 1. The fraction of sp³-hybridized carbons (Fsp3) is 0.875. The number of hydrogen-bond acceptors (Lipinski definition) is 3. The minimum atomic E-state index is -0.413. The van der Waals surface area contributed by atoms with Crippen molar-refractivity contribution in [1.29, 1.82) is 0 Å². The normalized spacial score (nSPS) is 17.1. The molecule has 1 saturated heterocycles. The van der Waals surface area contributed by atoms with Crippen molar-refractivity contribution in [3.05, 3.63) is 0 Å². The third kappa shape index (κ3) is 6.21. The first-order chi connectivity index (χ1) is 9.33. The first-order valence-corrected chi connectivity index (χ1v) is 8.25. The number of rotatable bonds is 5. The molecular formula is C16H29NO2S. The van der Waals surface area contributed by atoms with E-state index in [1.54, 1.807) is 0 Å². The standard InChI is InChI=1S/C16H29NO2S/c1-5-6-7-8-14(20)13-9-11-17(12-10-13)15(18)19-16(2,3)4/h13H,5-12H2,1-4H3. The summed E-state index contributed by atoms with van der Waals surface area (Å²) in [6.07, 6.45) is 6.57. The number of unbranched alkanes of at least 4 members (excludes halogenated alkanes) is 2. The van der Waals surface area contributed by atoms with E-state index in [0.717, 1.165) is 32.4 Å². The van der Waals surface area contributed by atoms with Gasteiger partial charge in [-0.05, 0) is 57.2 Å². The lowest BCUT2D eigenvalue weighted by Gasteiger charge is -2.33. The largest absolute Gasteiger partial charge is 0.444 e. The zero-order chi connectivity index (χ0) is 15.2. The lowest BCUT2D eigenvalue weighted by molar-refractivity contribution is 0.0202. The molecule has 1 aliphatic heterocycles. The van der Waals surface area contributed by atoms with Crippen molar-refractivity contribution in [2.75, 3.05) is 13.1 Å². The van der Waals surface area contributed by atoms with Gasteiger partial charge < -0.3 is 9.64 Å². The molecule has 116 valence electrons. The monoisotopic (exact) mass is 299 g/mol. The molecule has 0 saturated carbocycles. The highest BCUT2D eigenvalue weighted by Crippen LogP contribution is 2.23. The van der Waals surface area contributed by atoms with E-state index in [4.69, 9.17) is 17.0 Å². The summed E-state index contributed by atoms with van der Waals surface area (Å²) in [7, 11) is 0. The van der Waals surface area contributed by atoms with Gasteiger partial charge in [0.1, 0.15) is 5.60 Å². The minimum Gasteiger partial charge on any atom is -0.444 e. The van der Waals surface area contributed by atoms with Crippen LogP contribution in [0.3, 0.4) is 0 Å². The van der Waals surface area contributed by atoms with E-state index in [1.165, 1.54) is 24.1 Å². The zero-order valence-electron chi connectivity index (χ0n) is 13.4. The highest BCUT2D eigenvalue weighted by Gasteiger charge is 2.28. The van der Waals surface area contributed by atoms with Gasteiger partial charge in [-0.2, -0.15) is 0 Å². The van der Waals surface area contributed by atoms with Crippen LogP contribution in [-0.2, 0) is 4.74 Å². The molecule has 0 aromatic heterocycles. The topological polar surface area (TPSA) is 29.5 Å². The van der Waals surface area contributed by atoms with Crippen LogP contribution in [-0.4, -0.2) is 34.5 Å². The van der Waals surface area contributed by atoms with Gasteiger partial charge in [-0.3, -0.25) is 0 Å². The Bertz CT molecular complexity index is 328. The molecule has 4 heteroatoms. The molecule has 1 aliphatic rings. The molecule has 1 rings (SSSR count). The van der Waals surface area contributed by atoms with Gasteiger partial charge in [0.05, 0.1) is 0 Å². The van der Waals surface area contributed by atoms with Crippen molar-refractivity contribution in [3.8, 4) is 0 Å². The summed E-state index contributed by atoms with van der Waals surface area (Å²) < 4.78 is 5.41. The lowest BCUT2D eigenvalue weighted by atomic mass is 9.91. The fourth-order valence-corrected chi connectivity index (χ4v) is 2.84. The van der Waals surface area contributed by atoms with E-state index in [2.05, 4.69) is 6.92 Å². The number of piperidine rings is 1. The van der Waals surface area contributed by atoms with E-state index in [1.807, 2.05) is 25.7 Å². The molecule has 0 N–H and O–H groups in total. The summed E-state index contributed by atoms with van der Waals surface area (Å²) in [5.74, 6) is 0.514. The van der Waals surface area contributed by atoms with E-state index in [-0.39, 0.29) is 6.09 Å². The van der Waals surface area contributed by atoms with Crippen molar-refractivity contribution in [2.24, 2.45) is 5.92 Å². The van der Waals surface area contributed by atoms with Gasteiger partial charge in [0.2, 0.25) is 0 Å². The third-order valence-electron chi connectivity index (χ3n) is 3.63. The predicted octanol–water partition coefficient (Wildman–Crippen LogP) is 4.58. The third-order valence-corrected chi connectivity index (χ3v) is 4.17. The molecule has 0 aromatic rings. The Morgan fingerprint density at radius 1 is 1.25 bits per heavy atom. The first-order valence-electron chi connectivity index (χ1n) is 7.84. The molecule has 1 amide bonds. The predicted molar refractivity (Wildman–Crippen MR) is 87.3 cm³/mol. The number of carbonyl (C=O) groups is 1. The summed E-state index contributed by atoms with van der Waals surface area (Å²) in [5.41, 5.74) is -0.413. The highest BCUT2D eigenvalue weighted by atomic mass is 32.1. The summed E-state index contributed by atoms with van der Waals surface area (Å²) in [6.45, 7) is 9.46. The van der Waals surface area contributed by atoms with Crippen LogP contribution in [0.25, 0.3) is 0 Å². The number of nitrogens with zero attached hydrogens (tertiary/aromatic N) is 1. The molecule has 0 spiro atoms. The van der Waals surface area contributed by atoms with Gasteiger partial charge in [-0.25, -0.2) is 4.79 Å². The molecule has 0 aliphatic carbocycles. The van der Waals surface area contributed by atoms with Gasteiger partial charge >= 0.3 is 6.09 Å². The Morgan fingerprint density at radius 3 is 2.35 bits per heavy atom. The van der Waals surface area contributed by atoms with Crippen molar-refractivity contribution in [2.45, 2.75) is 71.8 Å². The van der Waals surface area contributed by atoms with E-state index in [9.17, 15) is 4.79 Å². The number of thiocarbonyl (C=S) groups is 1. The van der Waals surface area contributed by atoms with E-state index in [0.29, 0.717) is 5.92 Å². The smallest absolute Gasteiger partial charge is 0.410 e. The van der Waals surface area contributed by atoms with Crippen LogP contribution >= 0.6 is 12.2 Å². The van der Waals surface area contributed by atoms with Gasteiger partial charge in [0, 0.05) is 13.1 Å². The second-order valence-corrected chi connectivity index (χ2v) is 7.19. The van der Waals surface area contributed by atoms with Crippen LogP contribution in [0.2, 0.25) is 0 Å². The average Bonchev–Trinajstić information content (AvgIpc) is 2.37. The van der Waals surface area contributed by atoms with E-state index >= 15 is 0 Å². The number of amides is 1. The first kappa shape index (κ1) is 17.4. The molecule has 0 aromatic carbocycles. The van der Waals surface area contributed by atoms with Gasteiger partial charge in [-0.15, -0.1) is 0 Å². The Balaban J connectivity index is 2.32. The van der Waals surface area contributed by atoms with Crippen LogP contribution in [0.15, 0.2) is 0 Å². The highest BCUT2D eigenvalue weighted by molar-refractivity contribution is 7.80. The Morgan fingerprint density at radius 2 is 1.85 bits per heavy atom. The molecule has 1 fully saturated rings. The zero-order valence-corrected chi connectivity index (χ0v) is 14.2. The molecule has 0 radical (unpaired) electrons. The summed E-state index contributed by atoms with van der Waals surface area (Å²) >= 11 is 5.54. The molecule has 0 atom stereocenters. The maximum Gasteiger partial charge on any atom is 0.410 e. The summed E-state index contributed by atoms with van der Waals surface area (Å²) in [4.78, 5) is 15.0. The second kappa shape index (κ2) is 7.96. The number of carbonyl (C=O) groups excluding carboxylic acids is 1. The average molecular weight is 299 g/mol. The summed E-state index contributed by atoms with van der Waals surface area (Å²) in [5, 5.41) is 0. The second-order valence-electron chi connectivity index (χ2n) is 6.67. The van der Waals surface area contributed by atoms with Gasteiger partial charge in [0.15, 0.2) is 0 Å². The lowest BCUT2D eigenvalue weighted by Crippen LogP contribution is -2.42. The summed E-state index contributed by atoms with van der Waals surface area (Å²) in [6, 6.07) is 0. The molecule has 20 heavy (non-hydrogen) atoms. The maximum atomic E-state index is 12.0. The Hall–Kier alpha value is -0.640. The minimum absolute atomic E-state index is 0.187. The number of hydrogen-bond donors (Lipinski definition) is 0. The molecule has 3 nitrogen and oxygen atoms in total. The Labute approximate surface area is 129 Å². The van der Waals surface area contributed by atoms with Crippen LogP contribution in [0.1, 0.15) is 66.2 Å². The molecule has 0 bridgehead atoms. The molecule has 1 heterocycles. The van der Waals surface area contributed by atoms with Crippen LogP contribution < -0.4 is 0 Å². The van der Waals surface area contributed by atoms with Gasteiger partial charge in [-0.1, -0.05) is 32.0 Å². The van der Waals surface area contributed by atoms with Crippen molar-refractivity contribution >= 4 is 23.2 Å². The van der Waals surface area contributed by atoms with Gasteiger partial charge in [0.25, 0.3) is 0 Å². The van der Waals surface area contributed by atoms with Crippen LogP contribution in [0, 0.1) is 5.92 Å². The number of ether oxygens (including phenoxy) is 1. The fourth-order valence-electron chi connectivity index (χ4n) is 2.46.